The van der Waals surface area contributed by atoms with Gasteiger partial charge in [-0.05, 0) is 19.3 Å². The molecule has 5 nitrogen and oxygen atoms in total. The van der Waals surface area contributed by atoms with Crippen molar-refractivity contribution < 1.29 is 27.9 Å². The van der Waals surface area contributed by atoms with E-state index in [0.29, 0.717) is 25.7 Å². The van der Waals surface area contributed by atoms with Crippen LogP contribution in [0.15, 0.2) is 0 Å². The van der Waals surface area contributed by atoms with Crippen LogP contribution in [0.25, 0.3) is 0 Å². The molecule has 1 fully saturated rings. The molecule has 19 heavy (non-hydrogen) atoms. The summed E-state index contributed by atoms with van der Waals surface area (Å²) in [6.07, 6.45) is -3.15. The number of halogens is 3. The van der Waals surface area contributed by atoms with E-state index < -0.39 is 37.1 Å². The Morgan fingerprint density at radius 2 is 1.95 bits per heavy atom. The predicted molar refractivity (Wildman–Crippen MR) is 60.6 cm³/mol. The van der Waals surface area contributed by atoms with Gasteiger partial charge in [0.15, 0.2) is 0 Å². The van der Waals surface area contributed by atoms with Crippen LogP contribution in [0.2, 0.25) is 0 Å². The Balaban J connectivity index is 2.26. The Morgan fingerprint density at radius 1 is 1.26 bits per heavy atom. The first kappa shape index (κ1) is 15.6. The minimum atomic E-state index is -4.30. The van der Waals surface area contributed by atoms with Crippen LogP contribution in [0, 0.1) is 5.92 Å². The van der Waals surface area contributed by atoms with Gasteiger partial charge in [-0.2, -0.15) is 13.2 Å². The maximum absolute atomic E-state index is 11.9. The van der Waals surface area contributed by atoms with Gasteiger partial charge < -0.3 is 15.7 Å². The smallest absolute Gasteiger partial charge is 0.390 e. The summed E-state index contributed by atoms with van der Waals surface area (Å²) in [5.41, 5.74) is 0. The summed E-state index contributed by atoms with van der Waals surface area (Å²) in [6.45, 7) is -0.482. The minimum absolute atomic E-state index is 0.291. The molecule has 1 saturated carbocycles. The number of alkyl halides is 3. The number of urea groups is 1. The van der Waals surface area contributed by atoms with Crippen molar-refractivity contribution in [3.63, 3.8) is 0 Å². The van der Waals surface area contributed by atoms with Gasteiger partial charge in [0.2, 0.25) is 0 Å². The van der Waals surface area contributed by atoms with Gasteiger partial charge in [-0.25, -0.2) is 4.79 Å². The summed E-state index contributed by atoms with van der Waals surface area (Å²) < 4.78 is 35.6. The second kappa shape index (κ2) is 6.63. The highest BCUT2D eigenvalue weighted by atomic mass is 19.4. The molecule has 2 atom stereocenters. The lowest BCUT2D eigenvalue weighted by molar-refractivity contribution is -0.143. The third-order valence-electron chi connectivity index (χ3n) is 3.05. The van der Waals surface area contributed by atoms with Crippen LogP contribution in [0.3, 0.4) is 0 Å². The average Bonchev–Trinajstić information content (AvgIpc) is 2.27. The number of hydrogen-bond acceptors (Lipinski definition) is 2. The van der Waals surface area contributed by atoms with Gasteiger partial charge in [-0.15, -0.1) is 0 Å². The van der Waals surface area contributed by atoms with Crippen LogP contribution in [0.5, 0.6) is 0 Å². The summed E-state index contributed by atoms with van der Waals surface area (Å²) in [4.78, 5) is 22.2. The van der Waals surface area contributed by atoms with Crippen molar-refractivity contribution in [3.8, 4) is 0 Å². The molecule has 0 saturated heterocycles. The van der Waals surface area contributed by atoms with Gasteiger partial charge in [0, 0.05) is 12.6 Å². The molecule has 0 spiro atoms. The minimum Gasteiger partial charge on any atom is -0.481 e. The maximum Gasteiger partial charge on any atom is 0.390 e. The second-order valence-electron chi connectivity index (χ2n) is 4.66. The van der Waals surface area contributed by atoms with Gasteiger partial charge in [0.25, 0.3) is 0 Å². The first-order chi connectivity index (χ1) is 8.78. The summed E-state index contributed by atoms with van der Waals surface area (Å²) in [5, 5.41) is 13.5. The third-order valence-corrected chi connectivity index (χ3v) is 3.05. The van der Waals surface area contributed by atoms with Crippen LogP contribution >= 0.6 is 0 Å². The van der Waals surface area contributed by atoms with Crippen molar-refractivity contribution in [1.82, 2.24) is 10.6 Å². The van der Waals surface area contributed by atoms with E-state index in [1.807, 2.05) is 0 Å². The van der Waals surface area contributed by atoms with Crippen molar-refractivity contribution in [2.24, 2.45) is 5.92 Å². The van der Waals surface area contributed by atoms with Gasteiger partial charge >= 0.3 is 18.2 Å². The summed E-state index contributed by atoms with van der Waals surface area (Å²) in [6, 6.07) is -0.971. The van der Waals surface area contributed by atoms with Crippen molar-refractivity contribution in [1.29, 1.82) is 0 Å². The van der Waals surface area contributed by atoms with Crippen molar-refractivity contribution in [3.05, 3.63) is 0 Å². The van der Waals surface area contributed by atoms with E-state index >= 15 is 0 Å². The number of rotatable bonds is 4. The highest BCUT2D eigenvalue weighted by Crippen LogP contribution is 2.24. The van der Waals surface area contributed by atoms with Gasteiger partial charge in [0.1, 0.15) is 0 Å². The van der Waals surface area contributed by atoms with Gasteiger partial charge in [-0.3, -0.25) is 4.79 Å². The molecule has 3 N–H and O–H groups in total. The summed E-state index contributed by atoms with van der Waals surface area (Å²) >= 11 is 0. The first-order valence-corrected chi connectivity index (χ1v) is 6.12. The molecular weight excluding hydrogens is 265 g/mol. The maximum atomic E-state index is 11.9. The predicted octanol–water partition coefficient (Wildman–Crippen LogP) is 1.88. The number of carbonyl (C=O) groups is 2. The molecule has 2 amide bonds. The molecule has 0 aromatic heterocycles. The molecule has 8 heteroatoms. The molecule has 0 radical (unpaired) electrons. The van der Waals surface area contributed by atoms with E-state index in [1.165, 1.54) is 0 Å². The number of hydrogen-bond donors (Lipinski definition) is 3. The molecular formula is C11H17F3N2O3. The quantitative estimate of drug-likeness (QED) is 0.736. The highest BCUT2D eigenvalue weighted by molar-refractivity contribution is 5.74. The Kier molecular flexibility index (Phi) is 5.44. The number of carbonyl (C=O) groups excluding carboxylic acids is 1. The molecule has 1 aliphatic carbocycles. The standard InChI is InChI=1S/C11H17F3N2O3/c12-11(13,14)4-5-15-10(19)16-8-3-1-2-7(6-8)9(17)18/h7-8H,1-6H2,(H,17,18)(H2,15,16,19). The van der Waals surface area contributed by atoms with Crippen molar-refractivity contribution in [2.45, 2.75) is 44.3 Å². The molecule has 0 aromatic rings. The lowest BCUT2D eigenvalue weighted by Gasteiger charge is -2.27. The Labute approximate surface area is 108 Å². The molecule has 0 bridgehead atoms. The van der Waals surface area contributed by atoms with Gasteiger partial charge in [0.05, 0.1) is 12.3 Å². The normalized spacial score (nSPS) is 23.7. The van der Waals surface area contributed by atoms with Crippen LogP contribution < -0.4 is 10.6 Å². The Bertz CT molecular complexity index is 334. The SMILES string of the molecule is O=C(NCCC(F)(F)F)NC1CCCC(C(=O)O)C1. The molecule has 0 aromatic carbocycles. The fourth-order valence-electron chi connectivity index (χ4n) is 2.10. The van der Waals surface area contributed by atoms with Crippen LogP contribution in [-0.4, -0.2) is 35.9 Å². The monoisotopic (exact) mass is 282 g/mol. The van der Waals surface area contributed by atoms with E-state index in [1.54, 1.807) is 0 Å². The first-order valence-electron chi connectivity index (χ1n) is 6.12. The molecule has 0 aliphatic heterocycles. The van der Waals surface area contributed by atoms with E-state index in [4.69, 9.17) is 5.11 Å². The lowest BCUT2D eigenvalue weighted by Crippen LogP contribution is -2.45. The second-order valence-corrected chi connectivity index (χ2v) is 4.66. The zero-order valence-corrected chi connectivity index (χ0v) is 10.3. The van der Waals surface area contributed by atoms with Crippen molar-refractivity contribution >= 4 is 12.0 Å². The molecule has 0 heterocycles. The van der Waals surface area contributed by atoms with E-state index in [2.05, 4.69) is 10.6 Å². The van der Waals surface area contributed by atoms with Gasteiger partial charge in [-0.1, -0.05) is 6.42 Å². The number of carboxylic acids is 1. The number of aliphatic carboxylic acids is 1. The van der Waals surface area contributed by atoms with E-state index in [0.717, 1.165) is 0 Å². The van der Waals surface area contributed by atoms with E-state index in [9.17, 15) is 22.8 Å². The van der Waals surface area contributed by atoms with Crippen molar-refractivity contribution in [2.75, 3.05) is 6.54 Å². The van der Waals surface area contributed by atoms with Crippen LogP contribution in [-0.2, 0) is 4.79 Å². The number of carboxylic acid groups (broad SMARTS) is 1. The van der Waals surface area contributed by atoms with Crippen LogP contribution in [0.1, 0.15) is 32.1 Å². The third kappa shape index (κ3) is 6.30. The Morgan fingerprint density at radius 3 is 2.53 bits per heavy atom. The number of nitrogens with one attached hydrogen (secondary N) is 2. The summed E-state index contributed by atoms with van der Waals surface area (Å²) in [5.74, 6) is -1.39. The molecule has 1 aliphatic rings. The van der Waals surface area contributed by atoms with Crippen LogP contribution in [0.4, 0.5) is 18.0 Å². The summed E-state index contributed by atoms with van der Waals surface area (Å²) in [7, 11) is 0. The lowest BCUT2D eigenvalue weighted by atomic mass is 9.86. The highest BCUT2D eigenvalue weighted by Gasteiger charge is 2.29. The molecule has 1 rings (SSSR count). The fraction of sp³-hybridized carbons (Fsp3) is 0.818. The Hall–Kier alpha value is -1.47. The zero-order chi connectivity index (χ0) is 14.5. The fourth-order valence-corrected chi connectivity index (χ4v) is 2.10. The topological polar surface area (TPSA) is 78.4 Å². The average molecular weight is 282 g/mol. The van der Waals surface area contributed by atoms with E-state index in [-0.39, 0.29) is 6.04 Å². The zero-order valence-electron chi connectivity index (χ0n) is 10.3. The largest absolute Gasteiger partial charge is 0.481 e. The molecule has 2 unspecified atom stereocenters. The molecule has 110 valence electrons. The number of amides is 2.